The van der Waals surface area contributed by atoms with Crippen molar-refractivity contribution in [3.05, 3.63) is 53.8 Å². The quantitative estimate of drug-likeness (QED) is 0.900. The summed E-state index contributed by atoms with van der Waals surface area (Å²) < 4.78 is 19.7. The Bertz CT molecular complexity index is 641. The zero-order chi connectivity index (χ0) is 15.4. The molecule has 1 heterocycles. The van der Waals surface area contributed by atoms with Gasteiger partial charge in [0.05, 0.1) is 7.11 Å². The van der Waals surface area contributed by atoms with E-state index >= 15 is 0 Å². The molecule has 0 unspecified atom stereocenters. The van der Waals surface area contributed by atoms with Gasteiger partial charge < -0.3 is 10.1 Å². The SMILES string of the molecule is COc1cccc(Sc2cccc(F)c2C2CCNCC2)c1. The molecular weight excluding hydrogens is 297 g/mol. The summed E-state index contributed by atoms with van der Waals surface area (Å²) in [5.41, 5.74) is 0.872. The summed E-state index contributed by atoms with van der Waals surface area (Å²) >= 11 is 1.61. The van der Waals surface area contributed by atoms with Crippen molar-refractivity contribution in [2.45, 2.75) is 28.6 Å². The summed E-state index contributed by atoms with van der Waals surface area (Å²) in [6.45, 7) is 1.92. The lowest BCUT2D eigenvalue weighted by atomic mass is 9.90. The topological polar surface area (TPSA) is 21.3 Å². The van der Waals surface area contributed by atoms with E-state index in [4.69, 9.17) is 4.74 Å². The van der Waals surface area contributed by atoms with Crippen molar-refractivity contribution in [2.24, 2.45) is 0 Å². The third-order valence-corrected chi connectivity index (χ3v) is 5.09. The number of piperidine rings is 1. The smallest absolute Gasteiger partial charge is 0.127 e. The van der Waals surface area contributed by atoms with Gasteiger partial charge in [-0.2, -0.15) is 0 Å². The molecule has 0 atom stereocenters. The fraction of sp³-hybridized carbons (Fsp3) is 0.333. The number of ether oxygens (including phenoxy) is 1. The summed E-state index contributed by atoms with van der Waals surface area (Å²) in [6, 6.07) is 13.3. The predicted molar refractivity (Wildman–Crippen MR) is 88.4 cm³/mol. The van der Waals surface area contributed by atoms with Crippen LogP contribution in [0.4, 0.5) is 4.39 Å². The lowest BCUT2D eigenvalue weighted by Gasteiger charge is -2.25. The molecule has 0 bridgehead atoms. The zero-order valence-electron chi connectivity index (χ0n) is 12.6. The molecule has 1 aliphatic heterocycles. The van der Waals surface area contributed by atoms with Gasteiger partial charge in [0.15, 0.2) is 0 Å². The van der Waals surface area contributed by atoms with Crippen molar-refractivity contribution in [1.82, 2.24) is 5.32 Å². The monoisotopic (exact) mass is 317 g/mol. The first-order chi connectivity index (χ1) is 10.8. The van der Waals surface area contributed by atoms with Crippen LogP contribution >= 0.6 is 11.8 Å². The number of nitrogens with one attached hydrogen (secondary N) is 1. The molecule has 1 aliphatic rings. The Hall–Kier alpha value is -1.52. The maximum atomic E-state index is 14.4. The van der Waals surface area contributed by atoms with Gasteiger partial charge in [-0.1, -0.05) is 23.9 Å². The highest BCUT2D eigenvalue weighted by Gasteiger charge is 2.22. The van der Waals surface area contributed by atoms with Crippen LogP contribution in [0.15, 0.2) is 52.3 Å². The fourth-order valence-corrected chi connectivity index (χ4v) is 4.00. The lowest BCUT2D eigenvalue weighted by molar-refractivity contribution is 0.413. The molecule has 116 valence electrons. The highest BCUT2D eigenvalue weighted by molar-refractivity contribution is 7.99. The first-order valence-electron chi connectivity index (χ1n) is 7.59. The van der Waals surface area contributed by atoms with Crippen molar-refractivity contribution >= 4 is 11.8 Å². The van der Waals surface area contributed by atoms with Crippen molar-refractivity contribution < 1.29 is 9.13 Å². The van der Waals surface area contributed by atoms with Crippen molar-refractivity contribution in [3.63, 3.8) is 0 Å². The number of hydrogen-bond donors (Lipinski definition) is 1. The average Bonchev–Trinajstić information content (AvgIpc) is 2.56. The Morgan fingerprint density at radius 2 is 1.91 bits per heavy atom. The van der Waals surface area contributed by atoms with Crippen molar-refractivity contribution in [2.75, 3.05) is 20.2 Å². The van der Waals surface area contributed by atoms with Gasteiger partial charge in [0, 0.05) is 15.4 Å². The molecule has 0 aliphatic carbocycles. The van der Waals surface area contributed by atoms with Crippen LogP contribution in [0.25, 0.3) is 0 Å². The van der Waals surface area contributed by atoms with Gasteiger partial charge in [0.25, 0.3) is 0 Å². The van der Waals surface area contributed by atoms with Gasteiger partial charge in [-0.25, -0.2) is 4.39 Å². The highest BCUT2D eigenvalue weighted by atomic mass is 32.2. The van der Waals surface area contributed by atoms with Crippen LogP contribution < -0.4 is 10.1 Å². The van der Waals surface area contributed by atoms with Gasteiger partial charge in [0.2, 0.25) is 0 Å². The van der Waals surface area contributed by atoms with Crippen LogP contribution in [-0.2, 0) is 0 Å². The second-order valence-electron chi connectivity index (χ2n) is 5.46. The number of rotatable bonds is 4. The van der Waals surface area contributed by atoms with E-state index in [2.05, 4.69) is 5.32 Å². The Labute approximate surface area is 135 Å². The van der Waals surface area contributed by atoms with Gasteiger partial charge in [-0.3, -0.25) is 0 Å². The molecule has 0 amide bonds. The molecule has 1 saturated heterocycles. The molecule has 1 fully saturated rings. The summed E-state index contributed by atoms with van der Waals surface area (Å²) in [5, 5.41) is 3.34. The molecule has 2 nitrogen and oxygen atoms in total. The minimum Gasteiger partial charge on any atom is -0.497 e. The molecule has 2 aromatic carbocycles. The first kappa shape index (κ1) is 15.4. The van der Waals surface area contributed by atoms with Crippen LogP contribution in [0.3, 0.4) is 0 Å². The Kier molecular flexibility index (Phi) is 5.01. The van der Waals surface area contributed by atoms with E-state index in [1.165, 1.54) is 0 Å². The van der Waals surface area contributed by atoms with E-state index in [9.17, 15) is 4.39 Å². The predicted octanol–water partition coefficient (Wildman–Crippen LogP) is 4.45. The second-order valence-corrected chi connectivity index (χ2v) is 6.57. The highest BCUT2D eigenvalue weighted by Crippen LogP contribution is 2.39. The Balaban J connectivity index is 1.91. The van der Waals surface area contributed by atoms with Crippen molar-refractivity contribution in [1.29, 1.82) is 0 Å². The largest absolute Gasteiger partial charge is 0.497 e. The summed E-state index contributed by atoms with van der Waals surface area (Å²) in [6.07, 6.45) is 1.99. The molecular formula is C18H20FNOS. The van der Waals surface area contributed by atoms with E-state index < -0.39 is 0 Å². The molecule has 0 radical (unpaired) electrons. The Morgan fingerprint density at radius 3 is 2.68 bits per heavy atom. The molecule has 3 rings (SSSR count). The molecule has 22 heavy (non-hydrogen) atoms. The molecule has 4 heteroatoms. The van der Waals surface area contributed by atoms with E-state index in [0.717, 1.165) is 47.0 Å². The minimum absolute atomic E-state index is 0.0835. The van der Waals surface area contributed by atoms with E-state index in [1.807, 2.05) is 30.3 Å². The van der Waals surface area contributed by atoms with Crippen LogP contribution in [0, 0.1) is 5.82 Å². The maximum Gasteiger partial charge on any atom is 0.127 e. The Morgan fingerprint density at radius 1 is 1.14 bits per heavy atom. The lowest BCUT2D eigenvalue weighted by Crippen LogP contribution is -2.27. The first-order valence-corrected chi connectivity index (χ1v) is 8.40. The minimum atomic E-state index is -0.0835. The molecule has 1 N–H and O–H groups in total. The normalized spacial score (nSPS) is 15.7. The molecule has 0 saturated carbocycles. The van der Waals surface area contributed by atoms with E-state index in [0.29, 0.717) is 5.92 Å². The third-order valence-electron chi connectivity index (χ3n) is 4.03. The average molecular weight is 317 g/mol. The van der Waals surface area contributed by atoms with Gasteiger partial charge >= 0.3 is 0 Å². The standard InChI is InChI=1S/C18H20FNOS/c1-21-14-4-2-5-15(12-14)22-17-7-3-6-16(19)18(17)13-8-10-20-11-9-13/h2-7,12-13,20H,8-11H2,1H3. The van der Waals surface area contributed by atoms with Crippen LogP contribution in [-0.4, -0.2) is 20.2 Å². The van der Waals surface area contributed by atoms with Crippen molar-refractivity contribution in [3.8, 4) is 5.75 Å². The van der Waals surface area contributed by atoms with E-state index in [1.54, 1.807) is 31.0 Å². The van der Waals surface area contributed by atoms with Crippen LogP contribution in [0.2, 0.25) is 0 Å². The van der Waals surface area contributed by atoms with E-state index in [-0.39, 0.29) is 5.82 Å². The zero-order valence-corrected chi connectivity index (χ0v) is 13.5. The van der Waals surface area contributed by atoms with Crippen LogP contribution in [0.1, 0.15) is 24.3 Å². The van der Waals surface area contributed by atoms with Crippen LogP contribution in [0.5, 0.6) is 5.75 Å². The summed E-state index contributed by atoms with van der Waals surface area (Å²) in [4.78, 5) is 2.08. The summed E-state index contributed by atoms with van der Waals surface area (Å²) in [5.74, 6) is 1.04. The number of methoxy groups -OCH3 is 1. The summed E-state index contributed by atoms with van der Waals surface area (Å²) in [7, 11) is 1.66. The number of halogens is 1. The second kappa shape index (κ2) is 7.16. The maximum absolute atomic E-state index is 14.4. The third kappa shape index (κ3) is 3.45. The fourth-order valence-electron chi connectivity index (χ4n) is 2.90. The van der Waals surface area contributed by atoms with Gasteiger partial charge in [-0.15, -0.1) is 0 Å². The van der Waals surface area contributed by atoms with Gasteiger partial charge in [0.1, 0.15) is 11.6 Å². The number of benzene rings is 2. The molecule has 0 aromatic heterocycles. The number of hydrogen-bond acceptors (Lipinski definition) is 3. The van der Waals surface area contributed by atoms with Gasteiger partial charge in [-0.05, 0) is 62.2 Å². The molecule has 0 spiro atoms. The molecule has 2 aromatic rings.